The van der Waals surface area contributed by atoms with Crippen molar-refractivity contribution in [3.63, 3.8) is 0 Å². The Kier molecular flexibility index (Phi) is 32.4. The molecule has 2 amide bonds. The van der Waals surface area contributed by atoms with Crippen molar-refractivity contribution in [1.29, 1.82) is 0 Å². The SMILES string of the molecule is CC.CC.CC.CC.CC.CC.CC(C)N1CC[C@@H](C(C(=O)N(C)C)(c2ccccc2)c2cccs2)C1.CC(C)N1CC[C@@H](C(C(=O)N(C)C)(c2cccs2)c2cccs2)C1. The van der Waals surface area contributed by atoms with Crippen LogP contribution < -0.4 is 0 Å². The molecular weight excluding hydrogens is 809 g/mol. The molecule has 3 atom stereocenters. The predicted molar refractivity (Wildman–Crippen MR) is 276 cm³/mol. The van der Waals surface area contributed by atoms with Gasteiger partial charge in [-0.2, -0.15) is 0 Å². The van der Waals surface area contributed by atoms with Gasteiger partial charge < -0.3 is 19.6 Å². The maximum absolute atomic E-state index is 13.6. The van der Waals surface area contributed by atoms with Crippen molar-refractivity contribution in [2.24, 2.45) is 11.8 Å². The van der Waals surface area contributed by atoms with Gasteiger partial charge in [0.25, 0.3) is 0 Å². The number of hydrogen-bond donors (Lipinski definition) is 0. The van der Waals surface area contributed by atoms with Crippen LogP contribution in [-0.2, 0) is 20.4 Å². The van der Waals surface area contributed by atoms with Gasteiger partial charge in [-0.3, -0.25) is 9.59 Å². The fourth-order valence-electron chi connectivity index (χ4n) is 8.03. The second kappa shape index (κ2) is 32.8. The summed E-state index contributed by atoms with van der Waals surface area (Å²) in [6.07, 6.45) is 2.11. The molecular formula is C52H90N4O2S3. The highest BCUT2D eigenvalue weighted by Crippen LogP contribution is 2.49. The molecule has 2 fully saturated rings. The molecule has 9 heteroatoms. The van der Waals surface area contributed by atoms with E-state index in [1.807, 2.05) is 117 Å². The molecule has 0 spiro atoms. The normalized spacial score (nSPS) is 16.6. The van der Waals surface area contributed by atoms with Crippen molar-refractivity contribution in [3.05, 3.63) is 103 Å². The van der Waals surface area contributed by atoms with Gasteiger partial charge in [-0.15, -0.1) is 34.0 Å². The summed E-state index contributed by atoms with van der Waals surface area (Å²) in [6, 6.07) is 24.0. The Bertz CT molecular complexity index is 1570. The molecule has 6 nitrogen and oxygen atoms in total. The molecule has 6 rings (SSSR count). The Labute approximate surface area is 388 Å². The Morgan fingerprint density at radius 3 is 1.10 bits per heavy atom. The Morgan fingerprint density at radius 1 is 0.508 bits per heavy atom. The largest absolute Gasteiger partial charge is 0.348 e. The summed E-state index contributed by atoms with van der Waals surface area (Å²) in [4.78, 5) is 39.3. The van der Waals surface area contributed by atoms with E-state index in [0.717, 1.165) is 49.5 Å². The monoisotopic (exact) mass is 899 g/mol. The van der Waals surface area contributed by atoms with Crippen LogP contribution in [-0.4, -0.2) is 97.9 Å². The van der Waals surface area contributed by atoms with Crippen LogP contribution in [0.25, 0.3) is 0 Å². The summed E-state index contributed by atoms with van der Waals surface area (Å²) in [6.45, 7) is 37.0. The van der Waals surface area contributed by atoms with E-state index in [0.29, 0.717) is 18.0 Å². The van der Waals surface area contributed by atoms with E-state index in [9.17, 15) is 9.59 Å². The summed E-state index contributed by atoms with van der Waals surface area (Å²) in [5.41, 5.74) is -0.0235. The third-order valence-electron chi connectivity index (χ3n) is 10.6. The van der Waals surface area contributed by atoms with Crippen molar-refractivity contribution >= 4 is 45.8 Å². The highest BCUT2D eigenvalue weighted by molar-refractivity contribution is 7.12. The average molecular weight is 900 g/mol. The molecule has 0 N–H and O–H groups in total. The quantitative estimate of drug-likeness (QED) is 0.159. The van der Waals surface area contributed by atoms with E-state index in [1.165, 1.54) is 9.75 Å². The van der Waals surface area contributed by atoms with Gasteiger partial charge in [0.1, 0.15) is 10.8 Å². The minimum absolute atomic E-state index is 0.191. The lowest BCUT2D eigenvalue weighted by molar-refractivity contribution is -0.135. The second-order valence-electron chi connectivity index (χ2n) is 14.5. The van der Waals surface area contributed by atoms with Crippen molar-refractivity contribution in [2.45, 2.75) is 147 Å². The van der Waals surface area contributed by atoms with Crippen LogP contribution in [0.2, 0.25) is 0 Å². The predicted octanol–water partition coefficient (Wildman–Crippen LogP) is 13.9. The van der Waals surface area contributed by atoms with Gasteiger partial charge in [0.2, 0.25) is 11.8 Å². The maximum Gasteiger partial charge on any atom is 0.239 e. The molecule has 3 aromatic heterocycles. The highest BCUT2D eigenvalue weighted by atomic mass is 32.1. The third-order valence-corrected chi connectivity index (χ3v) is 13.6. The van der Waals surface area contributed by atoms with Gasteiger partial charge in [-0.25, -0.2) is 0 Å². The van der Waals surface area contributed by atoms with E-state index >= 15 is 0 Å². The first-order valence-corrected chi connectivity index (χ1v) is 26.2. The number of likely N-dealkylation sites (tertiary alicyclic amines) is 2. The molecule has 0 saturated carbocycles. The minimum Gasteiger partial charge on any atom is -0.348 e. The maximum atomic E-state index is 13.6. The summed E-state index contributed by atoms with van der Waals surface area (Å²) >= 11 is 5.12. The molecule has 2 saturated heterocycles. The van der Waals surface area contributed by atoms with Crippen LogP contribution >= 0.6 is 34.0 Å². The summed E-state index contributed by atoms with van der Waals surface area (Å²) in [7, 11) is 7.52. The van der Waals surface area contributed by atoms with Gasteiger partial charge >= 0.3 is 0 Å². The number of likely N-dealkylation sites (N-methyl/N-ethyl adjacent to an activating group) is 2. The molecule has 61 heavy (non-hydrogen) atoms. The van der Waals surface area contributed by atoms with Gasteiger partial charge in [0, 0.05) is 68.0 Å². The number of nitrogens with zero attached hydrogens (tertiary/aromatic N) is 4. The van der Waals surface area contributed by atoms with Crippen molar-refractivity contribution in [3.8, 4) is 0 Å². The van der Waals surface area contributed by atoms with E-state index in [1.54, 1.807) is 43.8 Å². The number of amides is 2. The van der Waals surface area contributed by atoms with E-state index in [2.05, 4.69) is 114 Å². The fraction of sp³-hybridized carbons (Fsp3) is 0.615. The van der Waals surface area contributed by atoms with Crippen LogP contribution in [0.1, 0.15) is 144 Å². The average Bonchev–Trinajstić information content (AvgIpc) is 4.17. The molecule has 348 valence electrons. The van der Waals surface area contributed by atoms with E-state index in [4.69, 9.17) is 0 Å². The number of carbonyl (C=O) groups is 2. The van der Waals surface area contributed by atoms with Crippen LogP contribution in [0.5, 0.6) is 0 Å². The standard InChI is InChI=1S/C21H28N2OS.C19H26N2OS2.6C2H6/c1-16(2)23-13-12-18(15-23)21(20(24)22(3)4,19-11-8-14-25-19)17-9-6-5-7-10-17;1-14(2)21-10-9-15(13-21)19(18(22)20(3)4,16-7-5-11-23-16)17-8-6-12-24-17;6*1-2/h5-11,14,16,18H,12-13,15H2,1-4H3;5-8,11-12,14-15H,9-10,13H2,1-4H3;6*1-2H3/t18-,21?;15-;;;;;;/m11....../s1. The molecule has 0 radical (unpaired) electrons. The minimum atomic E-state index is -0.595. The number of thiophene rings is 3. The number of hydrogen-bond acceptors (Lipinski definition) is 7. The zero-order valence-electron chi connectivity index (χ0n) is 42.5. The van der Waals surface area contributed by atoms with Gasteiger partial charge in [0.05, 0.1) is 0 Å². The Balaban J connectivity index is 0. The van der Waals surface area contributed by atoms with Crippen LogP contribution in [0.15, 0.2) is 82.9 Å². The van der Waals surface area contributed by atoms with Crippen molar-refractivity contribution in [2.75, 3.05) is 54.4 Å². The third kappa shape index (κ3) is 14.9. The topological polar surface area (TPSA) is 47.1 Å². The molecule has 5 heterocycles. The molecule has 2 aliphatic heterocycles. The van der Waals surface area contributed by atoms with E-state index < -0.39 is 10.8 Å². The summed E-state index contributed by atoms with van der Waals surface area (Å²) in [5, 5.41) is 6.27. The lowest BCUT2D eigenvalue weighted by Crippen LogP contribution is -2.50. The lowest BCUT2D eigenvalue weighted by Gasteiger charge is -2.40. The molecule has 0 bridgehead atoms. The lowest BCUT2D eigenvalue weighted by atomic mass is 9.67. The van der Waals surface area contributed by atoms with Crippen molar-refractivity contribution < 1.29 is 9.59 Å². The van der Waals surface area contributed by atoms with Crippen LogP contribution in [0.3, 0.4) is 0 Å². The Hall–Kier alpha value is -2.82. The van der Waals surface area contributed by atoms with Gasteiger partial charge in [-0.1, -0.05) is 132 Å². The first-order valence-electron chi connectivity index (χ1n) is 23.5. The number of benzene rings is 1. The van der Waals surface area contributed by atoms with Gasteiger partial charge in [-0.05, 0) is 105 Å². The number of carbonyl (C=O) groups excluding carboxylic acids is 2. The van der Waals surface area contributed by atoms with Crippen LogP contribution in [0.4, 0.5) is 0 Å². The van der Waals surface area contributed by atoms with Gasteiger partial charge in [0.15, 0.2) is 0 Å². The molecule has 1 unspecified atom stereocenters. The second-order valence-corrected chi connectivity index (χ2v) is 17.3. The van der Waals surface area contributed by atoms with Crippen molar-refractivity contribution in [1.82, 2.24) is 19.6 Å². The van der Waals surface area contributed by atoms with Crippen LogP contribution in [0, 0.1) is 11.8 Å². The van der Waals surface area contributed by atoms with E-state index in [-0.39, 0.29) is 17.7 Å². The summed E-state index contributed by atoms with van der Waals surface area (Å²) in [5.74, 6) is 0.998. The molecule has 2 aliphatic rings. The smallest absolute Gasteiger partial charge is 0.239 e. The molecule has 0 aliphatic carbocycles. The number of rotatable bonds is 10. The highest BCUT2D eigenvalue weighted by Gasteiger charge is 2.54. The first kappa shape index (κ1) is 60.3. The molecule has 1 aromatic carbocycles. The Morgan fingerprint density at radius 2 is 0.820 bits per heavy atom. The zero-order chi connectivity index (χ0) is 47.3. The molecule has 4 aromatic rings. The zero-order valence-corrected chi connectivity index (χ0v) is 44.9. The summed E-state index contributed by atoms with van der Waals surface area (Å²) < 4.78 is 0. The fourth-order valence-corrected chi connectivity index (χ4v) is 11.1. The first-order chi connectivity index (χ1) is 29.4.